The van der Waals surface area contributed by atoms with E-state index in [-0.39, 0.29) is 6.10 Å². The first-order valence-corrected chi connectivity index (χ1v) is 11.1. The normalized spacial score (nSPS) is 23.5. The average Bonchev–Trinajstić information content (AvgIpc) is 3.30. The number of aromatic nitrogens is 1. The number of ether oxygens (including phenoxy) is 1. The van der Waals surface area contributed by atoms with Gasteiger partial charge in [-0.25, -0.2) is 0 Å². The van der Waals surface area contributed by atoms with Gasteiger partial charge in [-0.3, -0.25) is 9.78 Å². The van der Waals surface area contributed by atoms with E-state index in [1.807, 2.05) is 36.2 Å². The molecule has 0 aliphatic carbocycles. The first kappa shape index (κ1) is 18.1. The highest BCUT2D eigenvalue weighted by Gasteiger charge is 2.30. The van der Waals surface area contributed by atoms with Gasteiger partial charge in [-0.2, -0.15) is 23.5 Å². The zero-order valence-electron chi connectivity index (χ0n) is 14.1. The van der Waals surface area contributed by atoms with Crippen molar-refractivity contribution >= 4 is 29.4 Å². The molecular formula is C18H26N2O2S2. The Morgan fingerprint density at radius 1 is 1.42 bits per heavy atom. The number of carbonyl (C=O) groups excluding carboxylic acids is 1. The van der Waals surface area contributed by atoms with Crippen LogP contribution in [-0.4, -0.2) is 58.3 Å². The van der Waals surface area contributed by atoms with Crippen LogP contribution in [0.3, 0.4) is 0 Å². The molecule has 0 N–H and O–H groups in total. The van der Waals surface area contributed by atoms with Crippen molar-refractivity contribution in [2.75, 3.05) is 30.4 Å². The lowest BCUT2D eigenvalue weighted by atomic mass is 10.1. The van der Waals surface area contributed by atoms with Crippen LogP contribution in [0.4, 0.5) is 0 Å². The number of rotatable bonds is 8. The predicted molar refractivity (Wildman–Crippen MR) is 101 cm³/mol. The zero-order chi connectivity index (χ0) is 16.6. The van der Waals surface area contributed by atoms with Crippen molar-refractivity contribution in [2.24, 2.45) is 0 Å². The maximum atomic E-state index is 12.8. The highest BCUT2D eigenvalue weighted by molar-refractivity contribution is 7.99. The van der Waals surface area contributed by atoms with E-state index in [4.69, 9.17) is 4.74 Å². The van der Waals surface area contributed by atoms with E-state index in [2.05, 4.69) is 9.88 Å². The van der Waals surface area contributed by atoms with Gasteiger partial charge >= 0.3 is 0 Å². The van der Waals surface area contributed by atoms with Crippen molar-refractivity contribution in [1.82, 2.24) is 9.88 Å². The monoisotopic (exact) mass is 366 g/mol. The van der Waals surface area contributed by atoms with Crippen molar-refractivity contribution in [2.45, 2.75) is 43.6 Å². The number of pyridine rings is 1. The quantitative estimate of drug-likeness (QED) is 0.661. The number of hydrogen-bond donors (Lipinski definition) is 0. The summed E-state index contributed by atoms with van der Waals surface area (Å²) in [5.41, 5.74) is 1.08. The van der Waals surface area contributed by atoms with Crippen LogP contribution in [0.15, 0.2) is 24.4 Å². The molecule has 1 aromatic rings. The Bertz CT molecular complexity index is 503. The van der Waals surface area contributed by atoms with Crippen LogP contribution >= 0.6 is 23.5 Å². The van der Waals surface area contributed by atoms with Crippen molar-refractivity contribution in [3.63, 3.8) is 0 Å². The molecule has 132 valence electrons. The van der Waals surface area contributed by atoms with E-state index in [0.29, 0.717) is 18.4 Å². The van der Waals surface area contributed by atoms with Gasteiger partial charge in [0.25, 0.3) is 0 Å². The summed E-state index contributed by atoms with van der Waals surface area (Å²) in [5.74, 6) is 4.29. The van der Waals surface area contributed by atoms with Gasteiger partial charge in [-0.05, 0) is 37.1 Å². The van der Waals surface area contributed by atoms with Gasteiger partial charge in [-0.1, -0.05) is 6.07 Å². The Balaban J connectivity index is 1.45. The Hall–Kier alpha value is -0.720. The van der Waals surface area contributed by atoms with Gasteiger partial charge < -0.3 is 9.64 Å². The number of amides is 1. The van der Waals surface area contributed by atoms with E-state index in [1.165, 1.54) is 5.75 Å². The maximum absolute atomic E-state index is 12.8. The van der Waals surface area contributed by atoms with Crippen molar-refractivity contribution in [1.29, 1.82) is 0 Å². The smallest absolute Gasteiger partial charge is 0.223 e. The second kappa shape index (κ2) is 9.68. The second-order valence-electron chi connectivity index (χ2n) is 6.32. The van der Waals surface area contributed by atoms with Crippen molar-refractivity contribution in [3.8, 4) is 0 Å². The fourth-order valence-corrected chi connectivity index (χ4v) is 5.26. The molecule has 6 heteroatoms. The van der Waals surface area contributed by atoms with Gasteiger partial charge in [0, 0.05) is 49.1 Å². The lowest BCUT2D eigenvalue weighted by molar-refractivity contribution is -0.134. The topological polar surface area (TPSA) is 42.4 Å². The van der Waals surface area contributed by atoms with Crippen LogP contribution in [0.1, 0.15) is 31.4 Å². The summed E-state index contributed by atoms with van der Waals surface area (Å²) in [6.45, 7) is 1.64. The Labute approximate surface area is 153 Å². The minimum absolute atomic E-state index is 0.251. The fourth-order valence-electron chi connectivity index (χ4n) is 3.19. The second-order valence-corrected chi connectivity index (χ2v) is 8.58. The molecule has 0 saturated carbocycles. The van der Waals surface area contributed by atoms with E-state index in [0.717, 1.165) is 55.4 Å². The summed E-state index contributed by atoms with van der Waals surface area (Å²) in [6.07, 6.45) is 6.04. The minimum atomic E-state index is 0.251. The summed E-state index contributed by atoms with van der Waals surface area (Å²) in [6, 6.07) is 6.39. The number of thioether (sulfide) groups is 2. The van der Waals surface area contributed by atoms with Gasteiger partial charge in [-0.15, -0.1) is 0 Å². The summed E-state index contributed by atoms with van der Waals surface area (Å²) in [4.78, 5) is 19.2. The molecule has 0 bridgehead atoms. The molecule has 2 aliphatic heterocycles. The maximum Gasteiger partial charge on any atom is 0.223 e. The Morgan fingerprint density at radius 3 is 3.08 bits per heavy atom. The molecule has 2 fully saturated rings. The summed E-state index contributed by atoms with van der Waals surface area (Å²) >= 11 is 3.75. The molecule has 1 aromatic heterocycles. The van der Waals surface area contributed by atoms with Gasteiger partial charge in [0.15, 0.2) is 0 Å². The molecule has 3 rings (SSSR count). The molecule has 0 aromatic carbocycles. The summed E-state index contributed by atoms with van der Waals surface area (Å²) in [5, 5.41) is 0. The van der Waals surface area contributed by atoms with E-state index in [9.17, 15) is 4.79 Å². The third kappa shape index (κ3) is 5.39. The van der Waals surface area contributed by atoms with E-state index < -0.39 is 0 Å². The van der Waals surface area contributed by atoms with Crippen molar-refractivity contribution < 1.29 is 9.53 Å². The van der Waals surface area contributed by atoms with E-state index >= 15 is 0 Å². The van der Waals surface area contributed by atoms with Crippen LogP contribution in [0.5, 0.6) is 0 Å². The molecule has 24 heavy (non-hydrogen) atoms. The third-order valence-corrected chi connectivity index (χ3v) is 6.66. The average molecular weight is 367 g/mol. The molecule has 0 spiro atoms. The van der Waals surface area contributed by atoms with Gasteiger partial charge in [0.1, 0.15) is 0 Å². The first-order valence-electron chi connectivity index (χ1n) is 8.79. The molecule has 1 amide bonds. The number of carbonyl (C=O) groups is 1. The lowest BCUT2D eigenvalue weighted by Gasteiger charge is -2.31. The Kier molecular flexibility index (Phi) is 7.30. The number of hydrogen-bond acceptors (Lipinski definition) is 5. The van der Waals surface area contributed by atoms with Crippen LogP contribution < -0.4 is 0 Å². The van der Waals surface area contributed by atoms with Gasteiger partial charge in [0.05, 0.1) is 11.8 Å². The summed E-state index contributed by atoms with van der Waals surface area (Å²) < 4.78 is 5.76. The molecule has 2 aliphatic rings. The minimum Gasteiger partial charge on any atom is -0.376 e. The number of nitrogens with zero attached hydrogens (tertiary/aromatic N) is 2. The third-order valence-electron chi connectivity index (χ3n) is 4.53. The zero-order valence-corrected chi connectivity index (χ0v) is 15.7. The van der Waals surface area contributed by atoms with Crippen LogP contribution in [0, 0.1) is 0 Å². The predicted octanol–water partition coefficient (Wildman–Crippen LogP) is 3.22. The molecular weight excluding hydrogens is 340 g/mol. The van der Waals surface area contributed by atoms with Crippen LogP contribution in [-0.2, 0) is 15.3 Å². The van der Waals surface area contributed by atoms with Crippen LogP contribution in [0.25, 0.3) is 0 Å². The molecule has 3 heterocycles. The van der Waals surface area contributed by atoms with Crippen LogP contribution in [0.2, 0.25) is 0 Å². The first-order chi connectivity index (χ1) is 11.8. The SMILES string of the molecule is O=C(CCSCc1ccccn1)N(CC1CCCO1)C1CCSC1. The Morgan fingerprint density at radius 2 is 2.38 bits per heavy atom. The standard InChI is InChI=1S/C18H26N2O2S2/c21-18(7-11-23-13-15-4-1-2-8-19-15)20(16-6-10-24-14-16)12-17-5-3-9-22-17/h1-2,4,8,16-17H,3,5-7,9-14H2. The molecule has 4 nitrogen and oxygen atoms in total. The summed E-state index contributed by atoms with van der Waals surface area (Å²) in [7, 11) is 0. The van der Waals surface area contributed by atoms with Gasteiger partial charge in [0.2, 0.25) is 5.91 Å². The highest BCUT2D eigenvalue weighted by atomic mass is 32.2. The van der Waals surface area contributed by atoms with E-state index in [1.54, 1.807) is 11.8 Å². The van der Waals surface area contributed by atoms with Crippen molar-refractivity contribution in [3.05, 3.63) is 30.1 Å². The molecule has 2 saturated heterocycles. The molecule has 0 radical (unpaired) electrons. The highest BCUT2D eigenvalue weighted by Crippen LogP contribution is 2.25. The lowest BCUT2D eigenvalue weighted by Crippen LogP contribution is -2.44. The molecule has 2 unspecified atom stereocenters. The fraction of sp³-hybridized carbons (Fsp3) is 0.667. The largest absolute Gasteiger partial charge is 0.376 e. The molecule has 2 atom stereocenters.